The molecule has 2 aliphatic rings. The monoisotopic (exact) mass is 362 g/mol. The summed E-state index contributed by atoms with van der Waals surface area (Å²) in [5, 5.41) is 3.92. The van der Waals surface area contributed by atoms with E-state index in [2.05, 4.69) is 20.3 Å². The number of aromatic nitrogens is 4. The van der Waals surface area contributed by atoms with Crippen molar-refractivity contribution in [1.29, 1.82) is 0 Å². The molecule has 2 heterocycles. The Hall–Kier alpha value is -2.80. The lowest BCUT2D eigenvalue weighted by Crippen LogP contribution is -2.35. The van der Waals surface area contributed by atoms with Gasteiger partial charge < -0.3 is 16.0 Å². The fourth-order valence-corrected chi connectivity index (χ4v) is 3.61. The summed E-state index contributed by atoms with van der Waals surface area (Å²) < 4.78 is 0. The number of aromatic amines is 1. The number of benzene rings is 1. The molecule has 27 heavy (non-hydrogen) atoms. The lowest BCUT2D eigenvalue weighted by Gasteiger charge is -2.32. The van der Waals surface area contributed by atoms with Crippen molar-refractivity contribution < 1.29 is 0 Å². The molecule has 0 atom stereocenters. The van der Waals surface area contributed by atoms with Gasteiger partial charge >= 0.3 is 0 Å². The highest BCUT2D eigenvalue weighted by Crippen LogP contribution is 2.41. The van der Waals surface area contributed by atoms with Crippen LogP contribution in [-0.4, -0.2) is 26.0 Å². The highest BCUT2D eigenvalue weighted by atomic mass is 16.1. The van der Waals surface area contributed by atoms with Gasteiger partial charge in [0.2, 0.25) is 0 Å². The van der Waals surface area contributed by atoms with Gasteiger partial charge in [0, 0.05) is 29.6 Å². The van der Waals surface area contributed by atoms with Gasteiger partial charge in [-0.3, -0.25) is 4.79 Å². The SMILES string of the molecule is NC1CC(c2cc(NCc3nc4ccccc4c(=O)[nH]3)nc(C3CC3)n2)C1. The third kappa shape index (κ3) is 3.30. The van der Waals surface area contributed by atoms with Crippen LogP contribution in [0.3, 0.4) is 0 Å². The van der Waals surface area contributed by atoms with Gasteiger partial charge in [-0.25, -0.2) is 15.0 Å². The molecule has 0 radical (unpaired) electrons. The maximum absolute atomic E-state index is 12.2. The first kappa shape index (κ1) is 16.4. The fraction of sp³-hybridized carbons (Fsp3) is 0.400. The number of hydrogen-bond donors (Lipinski definition) is 3. The Labute approximate surface area is 156 Å². The van der Waals surface area contributed by atoms with Gasteiger partial charge in [0.1, 0.15) is 17.5 Å². The van der Waals surface area contributed by atoms with E-state index in [0.717, 1.165) is 43.0 Å². The van der Waals surface area contributed by atoms with Crippen molar-refractivity contribution in [3.05, 3.63) is 58.0 Å². The molecule has 2 fully saturated rings. The predicted octanol–water partition coefficient (Wildman–Crippen LogP) is 2.41. The Morgan fingerprint density at radius 1 is 1.11 bits per heavy atom. The molecular weight excluding hydrogens is 340 g/mol. The van der Waals surface area contributed by atoms with Gasteiger partial charge in [-0.15, -0.1) is 0 Å². The van der Waals surface area contributed by atoms with E-state index >= 15 is 0 Å². The number of rotatable bonds is 5. The quantitative estimate of drug-likeness (QED) is 0.643. The molecule has 7 heteroatoms. The molecule has 7 nitrogen and oxygen atoms in total. The Kier molecular flexibility index (Phi) is 3.89. The predicted molar refractivity (Wildman–Crippen MR) is 104 cm³/mol. The second-order valence-electron chi connectivity index (χ2n) is 7.62. The summed E-state index contributed by atoms with van der Waals surface area (Å²) in [5.74, 6) is 3.23. The van der Waals surface area contributed by atoms with Crippen molar-refractivity contribution in [3.8, 4) is 0 Å². The first-order valence-corrected chi connectivity index (χ1v) is 9.52. The van der Waals surface area contributed by atoms with E-state index in [4.69, 9.17) is 10.7 Å². The Morgan fingerprint density at radius 2 is 1.93 bits per heavy atom. The van der Waals surface area contributed by atoms with Crippen molar-refractivity contribution in [3.63, 3.8) is 0 Å². The molecule has 2 aliphatic carbocycles. The third-order valence-corrected chi connectivity index (χ3v) is 5.40. The summed E-state index contributed by atoms with van der Waals surface area (Å²) in [5.41, 5.74) is 7.60. The van der Waals surface area contributed by atoms with Gasteiger partial charge in [-0.05, 0) is 37.8 Å². The van der Waals surface area contributed by atoms with Crippen LogP contribution in [0.1, 0.15) is 54.9 Å². The van der Waals surface area contributed by atoms with Crippen LogP contribution in [0.5, 0.6) is 0 Å². The minimum atomic E-state index is -0.122. The van der Waals surface area contributed by atoms with Gasteiger partial charge in [0.25, 0.3) is 5.56 Å². The molecule has 3 aromatic rings. The van der Waals surface area contributed by atoms with E-state index in [9.17, 15) is 4.79 Å². The normalized spacial score (nSPS) is 21.8. The first-order chi connectivity index (χ1) is 13.2. The lowest BCUT2D eigenvalue weighted by molar-refractivity contribution is 0.344. The fourth-order valence-electron chi connectivity index (χ4n) is 3.61. The van der Waals surface area contributed by atoms with Crippen LogP contribution in [0.25, 0.3) is 10.9 Å². The summed E-state index contributed by atoms with van der Waals surface area (Å²) in [4.78, 5) is 29.1. The maximum Gasteiger partial charge on any atom is 0.258 e. The van der Waals surface area contributed by atoms with Crippen molar-refractivity contribution in [2.45, 2.75) is 50.1 Å². The second kappa shape index (κ2) is 6.42. The average Bonchev–Trinajstić information content (AvgIpc) is 3.49. The van der Waals surface area contributed by atoms with E-state index in [-0.39, 0.29) is 11.6 Å². The van der Waals surface area contributed by atoms with Crippen molar-refractivity contribution in [1.82, 2.24) is 19.9 Å². The zero-order chi connectivity index (χ0) is 18.4. The van der Waals surface area contributed by atoms with Crippen LogP contribution in [0.4, 0.5) is 5.82 Å². The van der Waals surface area contributed by atoms with Gasteiger partial charge in [-0.1, -0.05) is 12.1 Å². The smallest absolute Gasteiger partial charge is 0.258 e. The van der Waals surface area contributed by atoms with E-state index in [0.29, 0.717) is 35.1 Å². The summed E-state index contributed by atoms with van der Waals surface area (Å²) >= 11 is 0. The summed E-state index contributed by atoms with van der Waals surface area (Å²) in [6, 6.07) is 9.65. The van der Waals surface area contributed by atoms with E-state index in [1.54, 1.807) is 6.07 Å². The van der Waals surface area contributed by atoms with Crippen molar-refractivity contribution >= 4 is 16.7 Å². The molecule has 138 valence electrons. The molecule has 1 aromatic carbocycles. The van der Waals surface area contributed by atoms with Gasteiger partial charge in [0.05, 0.1) is 17.4 Å². The standard InChI is InChI=1S/C20H22N6O/c21-13-7-12(8-13)16-9-17(25-19(24-16)11-5-6-11)22-10-18-23-15-4-2-1-3-14(15)20(27)26-18/h1-4,9,11-13H,5-8,10,21H2,(H,22,24,25)(H,23,26,27). The summed E-state index contributed by atoms with van der Waals surface area (Å²) in [6.45, 7) is 0.408. The minimum Gasteiger partial charge on any atom is -0.363 e. The Bertz CT molecular complexity index is 1050. The topological polar surface area (TPSA) is 110 Å². The van der Waals surface area contributed by atoms with Crippen LogP contribution in [0.2, 0.25) is 0 Å². The number of fused-ring (bicyclic) bond motifs is 1. The molecule has 2 aromatic heterocycles. The molecule has 0 spiro atoms. The number of hydrogen-bond acceptors (Lipinski definition) is 6. The van der Waals surface area contributed by atoms with E-state index < -0.39 is 0 Å². The van der Waals surface area contributed by atoms with Gasteiger partial charge in [0.15, 0.2) is 0 Å². The molecule has 0 amide bonds. The second-order valence-corrected chi connectivity index (χ2v) is 7.62. The Balaban J connectivity index is 1.39. The van der Waals surface area contributed by atoms with Crippen LogP contribution in [0.15, 0.2) is 35.1 Å². The third-order valence-electron chi connectivity index (χ3n) is 5.40. The number of anilines is 1. The zero-order valence-corrected chi connectivity index (χ0v) is 15.0. The number of nitrogens with two attached hydrogens (primary N) is 1. The maximum atomic E-state index is 12.2. The number of H-pyrrole nitrogens is 1. The zero-order valence-electron chi connectivity index (χ0n) is 15.0. The largest absolute Gasteiger partial charge is 0.363 e. The van der Waals surface area contributed by atoms with E-state index in [1.807, 2.05) is 24.3 Å². The molecule has 4 N–H and O–H groups in total. The molecule has 0 aliphatic heterocycles. The summed E-state index contributed by atoms with van der Waals surface area (Å²) in [7, 11) is 0. The van der Waals surface area contributed by atoms with Crippen LogP contribution >= 0.6 is 0 Å². The number of nitrogens with zero attached hydrogens (tertiary/aromatic N) is 3. The number of para-hydroxylation sites is 1. The highest BCUT2D eigenvalue weighted by molar-refractivity contribution is 5.77. The van der Waals surface area contributed by atoms with E-state index in [1.165, 1.54) is 0 Å². The molecule has 0 saturated heterocycles. The molecule has 2 saturated carbocycles. The first-order valence-electron chi connectivity index (χ1n) is 9.52. The van der Waals surface area contributed by atoms with Gasteiger partial charge in [-0.2, -0.15) is 0 Å². The van der Waals surface area contributed by atoms with Crippen LogP contribution in [-0.2, 0) is 6.54 Å². The molecule has 0 unspecified atom stereocenters. The highest BCUT2D eigenvalue weighted by Gasteiger charge is 2.32. The number of nitrogens with one attached hydrogen (secondary N) is 2. The van der Waals surface area contributed by atoms with Crippen LogP contribution < -0.4 is 16.6 Å². The van der Waals surface area contributed by atoms with Crippen molar-refractivity contribution in [2.75, 3.05) is 5.32 Å². The average molecular weight is 362 g/mol. The molecule has 5 rings (SSSR count). The molecule has 0 bridgehead atoms. The summed E-state index contributed by atoms with van der Waals surface area (Å²) in [6.07, 6.45) is 4.29. The minimum absolute atomic E-state index is 0.122. The molecular formula is C20H22N6O. The lowest BCUT2D eigenvalue weighted by atomic mass is 9.78. The van der Waals surface area contributed by atoms with Crippen LogP contribution in [0, 0.1) is 0 Å². The van der Waals surface area contributed by atoms with Crippen molar-refractivity contribution in [2.24, 2.45) is 5.73 Å². The Morgan fingerprint density at radius 3 is 2.70 bits per heavy atom.